The molecule has 0 saturated heterocycles. The first-order chi connectivity index (χ1) is 13.0. The van der Waals surface area contributed by atoms with Crippen LogP contribution in [0.25, 0.3) is 0 Å². The van der Waals surface area contributed by atoms with Gasteiger partial charge in [0.2, 0.25) is 0 Å². The Labute approximate surface area is 169 Å². The highest BCUT2D eigenvalue weighted by Crippen LogP contribution is 2.30. The van der Waals surface area contributed by atoms with Crippen LogP contribution in [-0.2, 0) is 12.8 Å². The summed E-state index contributed by atoms with van der Waals surface area (Å²) in [5.41, 5.74) is 2.18. The average molecular weight is 380 g/mol. The number of hydrogen-bond acceptors (Lipinski definition) is 3. The lowest BCUT2D eigenvalue weighted by molar-refractivity contribution is 0.404. The summed E-state index contributed by atoms with van der Waals surface area (Å²) in [6.07, 6.45) is 14.5. The van der Waals surface area contributed by atoms with Gasteiger partial charge < -0.3 is 14.7 Å². The van der Waals surface area contributed by atoms with E-state index in [1.54, 1.807) is 7.11 Å². The van der Waals surface area contributed by atoms with Crippen molar-refractivity contribution in [1.29, 1.82) is 0 Å². The fourth-order valence-electron chi connectivity index (χ4n) is 3.08. The topological polar surface area (TPSA) is 32.7 Å². The molecule has 3 nitrogen and oxygen atoms in total. The van der Waals surface area contributed by atoms with Crippen LogP contribution < -0.4 is 4.74 Å². The van der Waals surface area contributed by atoms with Crippen LogP contribution in [0.5, 0.6) is 11.5 Å². The molecule has 1 N–H and O–H groups in total. The molecule has 0 amide bonds. The summed E-state index contributed by atoms with van der Waals surface area (Å²) >= 11 is 0. The van der Waals surface area contributed by atoms with Gasteiger partial charge in [-0.15, -0.1) is 0 Å². The number of aromatic hydroxyl groups is 1. The lowest BCUT2D eigenvalue weighted by atomic mass is 9.99. The molecule has 0 heterocycles. The van der Waals surface area contributed by atoms with Gasteiger partial charge in [-0.3, -0.25) is 0 Å². The van der Waals surface area contributed by atoms with Crippen LogP contribution in [0.15, 0.2) is 12.1 Å². The second kappa shape index (κ2) is 16.9. The van der Waals surface area contributed by atoms with Gasteiger partial charge in [-0.1, -0.05) is 65.2 Å². The Balaban J connectivity index is 0.00000153. The first kappa shape index (κ1) is 25.8. The van der Waals surface area contributed by atoms with E-state index in [1.807, 2.05) is 32.1 Å². The van der Waals surface area contributed by atoms with E-state index >= 15 is 0 Å². The number of ether oxygens (including phenoxy) is 1. The van der Waals surface area contributed by atoms with Crippen molar-refractivity contribution in [1.82, 2.24) is 4.90 Å². The van der Waals surface area contributed by atoms with Gasteiger partial charge >= 0.3 is 0 Å². The third-order valence-corrected chi connectivity index (χ3v) is 4.58. The Kier molecular flexibility index (Phi) is 16.2. The Hall–Kier alpha value is -1.22. The van der Waals surface area contributed by atoms with Crippen molar-refractivity contribution in [2.24, 2.45) is 0 Å². The smallest absolute Gasteiger partial charge is 0.122 e. The van der Waals surface area contributed by atoms with Gasteiger partial charge in [0.1, 0.15) is 11.5 Å². The molecule has 0 unspecified atom stereocenters. The molecule has 0 radical (unpaired) electrons. The van der Waals surface area contributed by atoms with Gasteiger partial charge in [0.15, 0.2) is 0 Å². The predicted molar refractivity (Wildman–Crippen MR) is 119 cm³/mol. The second-order valence-electron chi connectivity index (χ2n) is 7.96. The molecule has 1 aromatic carbocycles. The Morgan fingerprint density at radius 3 is 1.63 bits per heavy atom. The highest BCUT2D eigenvalue weighted by Gasteiger charge is 2.10. The molecule has 0 aliphatic heterocycles. The van der Waals surface area contributed by atoms with Crippen molar-refractivity contribution >= 4 is 0 Å². The minimum absolute atomic E-state index is 0.449. The molecule has 3 heteroatoms. The average Bonchev–Trinajstić information content (AvgIpc) is 2.62. The summed E-state index contributed by atoms with van der Waals surface area (Å²) in [5.74, 6) is 1.40. The Morgan fingerprint density at radius 1 is 0.741 bits per heavy atom. The molecule has 0 fully saturated rings. The molecule has 1 rings (SSSR count). The van der Waals surface area contributed by atoms with Gasteiger partial charge in [0, 0.05) is 0 Å². The van der Waals surface area contributed by atoms with Crippen molar-refractivity contribution in [2.75, 3.05) is 28.3 Å². The molecule has 0 aliphatic carbocycles. The largest absolute Gasteiger partial charge is 0.508 e. The van der Waals surface area contributed by atoms with Crippen LogP contribution in [0, 0.1) is 0 Å². The number of phenols is 1. The van der Waals surface area contributed by atoms with Crippen molar-refractivity contribution in [3.63, 3.8) is 0 Å². The lowest BCUT2D eigenvalue weighted by Crippen LogP contribution is -1.99. The standard InChI is InChI=1S/C21H36O2.C3H9N/c1-4-6-8-10-12-14-18-17-21(23-3)19(16-20(18)22)15-13-11-9-7-5-2;1-4(2)3/h16-17,22H,4-15H2,1-3H3;1-3H3. The minimum Gasteiger partial charge on any atom is -0.508 e. The second-order valence-corrected chi connectivity index (χ2v) is 7.96. The zero-order chi connectivity index (χ0) is 20.5. The molecule has 0 bridgehead atoms. The summed E-state index contributed by atoms with van der Waals surface area (Å²) < 4.78 is 5.55. The van der Waals surface area contributed by atoms with Crippen LogP contribution in [0.1, 0.15) is 89.2 Å². The third-order valence-electron chi connectivity index (χ3n) is 4.58. The fraction of sp³-hybridized carbons (Fsp3) is 0.750. The van der Waals surface area contributed by atoms with E-state index < -0.39 is 0 Å². The van der Waals surface area contributed by atoms with Gasteiger partial charge in [-0.25, -0.2) is 0 Å². The van der Waals surface area contributed by atoms with Crippen molar-refractivity contribution in [3.05, 3.63) is 23.3 Å². The zero-order valence-corrected chi connectivity index (χ0v) is 18.9. The molecule has 0 atom stereocenters. The van der Waals surface area contributed by atoms with Crippen molar-refractivity contribution in [3.8, 4) is 11.5 Å². The molecule has 0 aromatic heterocycles. The zero-order valence-electron chi connectivity index (χ0n) is 18.9. The molecule has 0 saturated carbocycles. The molecule has 0 aliphatic rings. The predicted octanol–water partition coefficient (Wildman–Crippen LogP) is 6.60. The molecule has 0 spiro atoms. The summed E-state index contributed by atoms with van der Waals surface area (Å²) in [7, 11) is 7.73. The number of phenolic OH excluding ortho intramolecular Hbond substituents is 1. The van der Waals surface area contributed by atoms with E-state index in [-0.39, 0.29) is 0 Å². The minimum atomic E-state index is 0.449. The summed E-state index contributed by atoms with van der Waals surface area (Å²) in [5, 5.41) is 10.3. The quantitative estimate of drug-likeness (QED) is 0.392. The van der Waals surface area contributed by atoms with Gasteiger partial charge in [0.25, 0.3) is 0 Å². The van der Waals surface area contributed by atoms with Crippen LogP contribution in [0.4, 0.5) is 0 Å². The van der Waals surface area contributed by atoms with Crippen molar-refractivity contribution in [2.45, 2.75) is 90.9 Å². The van der Waals surface area contributed by atoms with Crippen LogP contribution >= 0.6 is 0 Å². The fourth-order valence-corrected chi connectivity index (χ4v) is 3.08. The highest BCUT2D eigenvalue weighted by molar-refractivity contribution is 5.46. The number of methoxy groups -OCH3 is 1. The number of rotatable bonds is 13. The monoisotopic (exact) mass is 379 g/mol. The maximum atomic E-state index is 10.3. The summed E-state index contributed by atoms with van der Waals surface area (Å²) in [6.45, 7) is 4.47. The first-order valence-corrected chi connectivity index (χ1v) is 11.0. The van der Waals surface area contributed by atoms with Crippen LogP contribution in [0.3, 0.4) is 0 Å². The maximum absolute atomic E-state index is 10.3. The van der Waals surface area contributed by atoms with Gasteiger partial charge in [-0.05, 0) is 70.1 Å². The number of benzene rings is 1. The first-order valence-electron chi connectivity index (χ1n) is 11.0. The molecule has 27 heavy (non-hydrogen) atoms. The molecular formula is C24H45NO2. The number of unbranched alkanes of at least 4 members (excludes halogenated alkanes) is 8. The third kappa shape index (κ3) is 13.6. The van der Waals surface area contributed by atoms with Gasteiger partial charge in [-0.2, -0.15) is 0 Å². The normalized spacial score (nSPS) is 10.6. The van der Waals surface area contributed by atoms with E-state index in [1.165, 1.54) is 57.8 Å². The number of aryl methyl sites for hydroxylation is 2. The van der Waals surface area contributed by atoms with Crippen LogP contribution in [0.2, 0.25) is 0 Å². The lowest BCUT2D eigenvalue weighted by Gasteiger charge is -2.13. The Bertz CT molecular complexity index is 469. The van der Waals surface area contributed by atoms with E-state index in [4.69, 9.17) is 4.74 Å². The molecule has 1 aromatic rings. The van der Waals surface area contributed by atoms with Crippen molar-refractivity contribution < 1.29 is 9.84 Å². The van der Waals surface area contributed by atoms with E-state index in [9.17, 15) is 5.11 Å². The van der Waals surface area contributed by atoms with Gasteiger partial charge in [0.05, 0.1) is 7.11 Å². The van der Waals surface area contributed by atoms with E-state index in [0.29, 0.717) is 5.75 Å². The maximum Gasteiger partial charge on any atom is 0.122 e. The molecule has 158 valence electrons. The highest BCUT2D eigenvalue weighted by atomic mass is 16.5. The summed E-state index contributed by atoms with van der Waals surface area (Å²) in [4.78, 5) is 2.00. The summed E-state index contributed by atoms with van der Waals surface area (Å²) in [6, 6.07) is 3.98. The molecular weight excluding hydrogens is 334 g/mol. The Morgan fingerprint density at radius 2 is 1.19 bits per heavy atom. The SMILES string of the molecule is CCCCCCCc1cc(OC)c(CCCCCCC)cc1O.CN(C)C. The van der Waals surface area contributed by atoms with Crippen LogP contribution in [-0.4, -0.2) is 38.3 Å². The number of hydrogen-bond donors (Lipinski definition) is 1. The number of nitrogens with zero attached hydrogens (tertiary/aromatic N) is 1. The van der Waals surface area contributed by atoms with E-state index in [0.717, 1.165) is 36.1 Å². The van der Waals surface area contributed by atoms with E-state index in [2.05, 4.69) is 19.9 Å².